The molecule has 0 atom stereocenters. The zero-order valence-corrected chi connectivity index (χ0v) is 8.40. The number of rotatable bonds is 0. The lowest BCUT2D eigenvalue weighted by molar-refractivity contribution is 0.616. The summed E-state index contributed by atoms with van der Waals surface area (Å²) in [5, 5.41) is 2.25. The van der Waals surface area contributed by atoms with Crippen LogP contribution < -0.4 is 0 Å². The Labute approximate surface area is 90.7 Å². The second-order valence-electron chi connectivity index (χ2n) is 3.85. The number of H-pyrrole nitrogens is 1. The minimum atomic E-state index is 0.902. The molecule has 0 amide bonds. The van der Waals surface area contributed by atoms with E-state index in [1.165, 1.54) is 0 Å². The Balaban J connectivity index is 2.42. The zero-order chi connectivity index (χ0) is 10.5. The van der Waals surface area contributed by atoms with Gasteiger partial charge in [0.1, 0.15) is 5.58 Å². The van der Waals surface area contributed by atoms with Crippen molar-refractivity contribution in [2.75, 3.05) is 0 Å². The van der Waals surface area contributed by atoms with E-state index in [1.54, 1.807) is 6.26 Å². The van der Waals surface area contributed by atoms with E-state index in [1.807, 2.05) is 36.5 Å². The Morgan fingerprint density at radius 1 is 1.06 bits per heavy atom. The van der Waals surface area contributed by atoms with Crippen molar-refractivity contribution in [3.05, 3.63) is 42.8 Å². The number of nitrogens with zero attached hydrogens (tertiary/aromatic N) is 1. The Bertz CT molecular complexity index is 810. The molecule has 16 heavy (non-hydrogen) atoms. The van der Waals surface area contributed by atoms with Gasteiger partial charge in [-0.15, -0.1) is 0 Å². The zero-order valence-electron chi connectivity index (χ0n) is 8.40. The molecule has 0 aliphatic rings. The molecule has 3 aromatic heterocycles. The maximum Gasteiger partial charge on any atom is 0.134 e. The number of hydrogen-bond acceptors (Lipinski definition) is 2. The van der Waals surface area contributed by atoms with Crippen molar-refractivity contribution in [1.82, 2.24) is 9.97 Å². The van der Waals surface area contributed by atoms with Gasteiger partial charge in [-0.25, -0.2) is 0 Å². The number of nitrogens with one attached hydrogen (secondary N) is 1. The highest BCUT2D eigenvalue weighted by molar-refractivity contribution is 6.17. The summed E-state index contributed by atoms with van der Waals surface area (Å²) in [7, 11) is 0. The molecule has 0 fully saturated rings. The van der Waals surface area contributed by atoms with Gasteiger partial charge in [0.2, 0.25) is 0 Å². The third kappa shape index (κ3) is 0.852. The van der Waals surface area contributed by atoms with Gasteiger partial charge in [0.25, 0.3) is 0 Å². The second kappa shape index (κ2) is 2.64. The molecule has 3 heteroatoms. The molecule has 0 bridgehead atoms. The Morgan fingerprint density at radius 2 is 2.06 bits per heavy atom. The minimum Gasteiger partial charge on any atom is -0.464 e. The summed E-state index contributed by atoms with van der Waals surface area (Å²) in [5.41, 5.74) is 4.07. The van der Waals surface area contributed by atoms with Crippen molar-refractivity contribution in [2.24, 2.45) is 0 Å². The van der Waals surface area contributed by atoms with Gasteiger partial charge in [-0.05, 0) is 30.3 Å². The van der Waals surface area contributed by atoms with Gasteiger partial charge in [-0.1, -0.05) is 0 Å². The normalized spacial score (nSPS) is 11.8. The average molecular weight is 208 g/mol. The molecule has 4 aromatic rings. The van der Waals surface area contributed by atoms with Crippen molar-refractivity contribution in [3.63, 3.8) is 0 Å². The maximum absolute atomic E-state index is 5.40. The first-order chi connectivity index (χ1) is 7.93. The molecule has 0 spiro atoms. The minimum absolute atomic E-state index is 0.902. The topological polar surface area (TPSA) is 41.8 Å². The van der Waals surface area contributed by atoms with Crippen LogP contribution in [0.4, 0.5) is 0 Å². The summed E-state index contributed by atoms with van der Waals surface area (Å²) in [6.45, 7) is 0. The molecular formula is C13H8N2O. The smallest absolute Gasteiger partial charge is 0.134 e. The molecule has 0 aliphatic carbocycles. The number of pyridine rings is 1. The van der Waals surface area contributed by atoms with Crippen LogP contribution in [-0.2, 0) is 0 Å². The molecule has 1 N–H and O–H groups in total. The van der Waals surface area contributed by atoms with Gasteiger partial charge >= 0.3 is 0 Å². The van der Waals surface area contributed by atoms with Crippen LogP contribution in [0.15, 0.2) is 47.2 Å². The number of aromatic amines is 1. The molecule has 0 saturated heterocycles. The number of fused-ring (bicyclic) bond motifs is 5. The first-order valence-corrected chi connectivity index (χ1v) is 5.16. The van der Waals surface area contributed by atoms with E-state index in [4.69, 9.17) is 4.42 Å². The first-order valence-electron chi connectivity index (χ1n) is 5.16. The standard InChI is InChI=1S/C13H8N2O/c1-2-10-13(14-6-1)12-8-5-7-16-11(8)4-3-9(12)15-10/h1-7,15H. The van der Waals surface area contributed by atoms with Crippen LogP contribution in [0.1, 0.15) is 0 Å². The molecule has 1 aromatic carbocycles. The van der Waals surface area contributed by atoms with Crippen molar-refractivity contribution >= 4 is 32.9 Å². The number of hydrogen-bond donors (Lipinski definition) is 1. The molecule has 0 unspecified atom stereocenters. The van der Waals surface area contributed by atoms with E-state index in [-0.39, 0.29) is 0 Å². The molecule has 76 valence electrons. The highest BCUT2D eigenvalue weighted by Crippen LogP contribution is 2.31. The van der Waals surface area contributed by atoms with E-state index >= 15 is 0 Å². The fourth-order valence-electron chi connectivity index (χ4n) is 2.25. The van der Waals surface area contributed by atoms with Gasteiger partial charge in [0.05, 0.1) is 17.3 Å². The number of aromatic nitrogens is 2. The molecule has 4 rings (SSSR count). The summed E-state index contributed by atoms with van der Waals surface area (Å²) in [6, 6.07) is 9.97. The monoisotopic (exact) mass is 208 g/mol. The van der Waals surface area contributed by atoms with Gasteiger partial charge < -0.3 is 9.40 Å². The van der Waals surface area contributed by atoms with Crippen molar-refractivity contribution in [3.8, 4) is 0 Å². The lowest BCUT2D eigenvalue weighted by Crippen LogP contribution is -1.72. The van der Waals surface area contributed by atoms with Crippen LogP contribution in [0.25, 0.3) is 32.9 Å². The van der Waals surface area contributed by atoms with Crippen LogP contribution in [0.5, 0.6) is 0 Å². The van der Waals surface area contributed by atoms with Crippen LogP contribution in [0.3, 0.4) is 0 Å². The molecular weight excluding hydrogens is 200 g/mol. The van der Waals surface area contributed by atoms with Crippen LogP contribution in [0, 0.1) is 0 Å². The second-order valence-corrected chi connectivity index (χ2v) is 3.85. The van der Waals surface area contributed by atoms with Gasteiger partial charge in [0.15, 0.2) is 0 Å². The van der Waals surface area contributed by atoms with Crippen molar-refractivity contribution < 1.29 is 4.42 Å². The highest BCUT2D eigenvalue weighted by Gasteiger charge is 2.09. The molecule has 0 saturated carbocycles. The van der Waals surface area contributed by atoms with E-state index < -0.39 is 0 Å². The third-order valence-electron chi connectivity index (χ3n) is 2.95. The van der Waals surface area contributed by atoms with E-state index in [0.29, 0.717) is 0 Å². The lowest BCUT2D eigenvalue weighted by Gasteiger charge is -1.91. The summed E-state index contributed by atoms with van der Waals surface area (Å²) >= 11 is 0. The third-order valence-corrected chi connectivity index (χ3v) is 2.95. The molecule has 0 radical (unpaired) electrons. The first kappa shape index (κ1) is 7.93. The van der Waals surface area contributed by atoms with Crippen LogP contribution >= 0.6 is 0 Å². The predicted molar refractivity (Wildman–Crippen MR) is 63.4 cm³/mol. The fourth-order valence-corrected chi connectivity index (χ4v) is 2.25. The summed E-state index contributed by atoms with van der Waals surface area (Å²) in [5.74, 6) is 0. The van der Waals surface area contributed by atoms with Gasteiger partial charge in [0, 0.05) is 22.5 Å². The SMILES string of the molecule is c1cnc2c(c1)[nH]c1ccc3occc3c12. The van der Waals surface area contributed by atoms with Crippen LogP contribution in [0.2, 0.25) is 0 Å². The van der Waals surface area contributed by atoms with Crippen molar-refractivity contribution in [1.29, 1.82) is 0 Å². The number of benzene rings is 1. The van der Waals surface area contributed by atoms with E-state index in [0.717, 1.165) is 32.9 Å². The molecule has 3 heterocycles. The average Bonchev–Trinajstić information content (AvgIpc) is 2.91. The van der Waals surface area contributed by atoms with Gasteiger partial charge in [-0.2, -0.15) is 0 Å². The fraction of sp³-hybridized carbons (Fsp3) is 0. The van der Waals surface area contributed by atoms with Crippen molar-refractivity contribution in [2.45, 2.75) is 0 Å². The largest absolute Gasteiger partial charge is 0.464 e. The Kier molecular flexibility index (Phi) is 1.31. The lowest BCUT2D eigenvalue weighted by atomic mass is 10.1. The number of furan rings is 1. The maximum atomic E-state index is 5.40. The summed E-state index contributed by atoms with van der Waals surface area (Å²) in [6.07, 6.45) is 3.53. The molecule has 3 nitrogen and oxygen atoms in total. The summed E-state index contributed by atoms with van der Waals surface area (Å²) < 4.78 is 5.40. The summed E-state index contributed by atoms with van der Waals surface area (Å²) in [4.78, 5) is 7.78. The Hall–Kier alpha value is -2.29. The van der Waals surface area contributed by atoms with E-state index in [9.17, 15) is 0 Å². The van der Waals surface area contributed by atoms with E-state index in [2.05, 4.69) is 9.97 Å². The van der Waals surface area contributed by atoms with Gasteiger partial charge in [-0.3, -0.25) is 4.98 Å². The Morgan fingerprint density at radius 3 is 3.06 bits per heavy atom. The highest BCUT2D eigenvalue weighted by atomic mass is 16.3. The van der Waals surface area contributed by atoms with Crippen LogP contribution in [-0.4, -0.2) is 9.97 Å². The predicted octanol–water partition coefficient (Wildman–Crippen LogP) is 3.46. The molecule has 0 aliphatic heterocycles. The quantitative estimate of drug-likeness (QED) is 0.480.